The van der Waals surface area contributed by atoms with Gasteiger partial charge in [0.15, 0.2) is 0 Å². The normalized spacial score (nSPS) is 15.3. The predicted molar refractivity (Wildman–Crippen MR) is 119 cm³/mol. The van der Waals surface area contributed by atoms with Crippen LogP contribution in [0.5, 0.6) is 0 Å². The number of ether oxygens (including phenoxy) is 4. The number of carbonyl (C=O) groups is 6. The van der Waals surface area contributed by atoms with E-state index in [2.05, 4.69) is 10.2 Å². The minimum absolute atomic E-state index is 0.00420. The molecule has 0 spiro atoms. The molecule has 2 rings (SSSR count). The minimum atomic E-state index is -0.945. The van der Waals surface area contributed by atoms with Crippen molar-refractivity contribution in [1.29, 1.82) is 0 Å². The van der Waals surface area contributed by atoms with Crippen molar-refractivity contribution in [2.45, 2.75) is 25.7 Å². The predicted octanol–water partition coefficient (Wildman–Crippen LogP) is -1.52. The van der Waals surface area contributed by atoms with E-state index in [0.29, 0.717) is 70.6 Å². The standard InChI is InChI=1S/C22H31N3O11/c26-17(15-35-16-22(31)36-25-20(29)5-6-21(25)30)23-7-1-9-32-11-13-34-14-12-33-10-2-8-24-18(27)3-4-19(24)28/h3-4H,1-2,5-16H2,(H,23,26). The van der Waals surface area contributed by atoms with Gasteiger partial charge in [0.25, 0.3) is 23.6 Å². The van der Waals surface area contributed by atoms with Gasteiger partial charge in [0.1, 0.15) is 13.2 Å². The molecule has 2 aliphatic heterocycles. The van der Waals surface area contributed by atoms with Crippen LogP contribution in [0, 0.1) is 0 Å². The van der Waals surface area contributed by atoms with Crippen LogP contribution < -0.4 is 5.32 Å². The molecule has 0 atom stereocenters. The van der Waals surface area contributed by atoms with Gasteiger partial charge >= 0.3 is 5.97 Å². The van der Waals surface area contributed by atoms with Crippen molar-refractivity contribution in [3.8, 4) is 0 Å². The van der Waals surface area contributed by atoms with Gasteiger partial charge in [-0.2, -0.15) is 0 Å². The molecule has 0 saturated carbocycles. The van der Waals surface area contributed by atoms with Crippen molar-refractivity contribution >= 4 is 35.5 Å². The zero-order chi connectivity index (χ0) is 26.2. The van der Waals surface area contributed by atoms with Crippen molar-refractivity contribution in [1.82, 2.24) is 15.3 Å². The van der Waals surface area contributed by atoms with Crippen LogP contribution in [0.3, 0.4) is 0 Å². The lowest BCUT2D eigenvalue weighted by Crippen LogP contribution is -2.34. The van der Waals surface area contributed by atoms with Crippen LogP contribution in [-0.4, -0.2) is 111 Å². The third-order valence-corrected chi connectivity index (χ3v) is 4.75. The molecule has 0 bridgehead atoms. The van der Waals surface area contributed by atoms with Crippen molar-refractivity contribution in [2.75, 3.05) is 65.9 Å². The van der Waals surface area contributed by atoms with Gasteiger partial charge in [0, 0.05) is 51.3 Å². The second-order valence-electron chi connectivity index (χ2n) is 7.59. The number of nitrogens with one attached hydrogen (secondary N) is 1. The van der Waals surface area contributed by atoms with Gasteiger partial charge in [-0.1, -0.05) is 0 Å². The zero-order valence-electron chi connectivity index (χ0n) is 19.9. The molecular weight excluding hydrogens is 482 g/mol. The molecular formula is C22H31N3O11. The Morgan fingerprint density at radius 1 is 0.750 bits per heavy atom. The fourth-order valence-corrected chi connectivity index (χ4v) is 2.98. The van der Waals surface area contributed by atoms with Crippen LogP contribution in [0.4, 0.5) is 0 Å². The topological polar surface area (TPSA) is 167 Å². The largest absolute Gasteiger partial charge is 0.379 e. The molecule has 1 fully saturated rings. The summed E-state index contributed by atoms with van der Waals surface area (Å²) in [7, 11) is 0. The molecule has 0 aromatic heterocycles. The van der Waals surface area contributed by atoms with E-state index in [1.807, 2.05) is 0 Å². The first-order chi connectivity index (χ1) is 17.4. The first kappa shape index (κ1) is 29.0. The van der Waals surface area contributed by atoms with Gasteiger partial charge in [0.2, 0.25) is 5.91 Å². The Labute approximate surface area is 207 Å². The molecule has 200 valence electrons. The van der Waals surface area contributed by atoms with E-state index in [-0.39, 0.29) is 31.3 Å². The molecule has 1 N–H and O–H groups in total. The summed E-state index contributed by atoms with van der Waals surface area (Å²) in [6.45, 7) is 2.10. The lowest BCUT2D eigenvalue weighted by atomic mass is 10.4. The van der Waals surface area contributed by atoms with E-state index >= 15 is 0 Å². The molecule has 0 unspecified atom stereocenters. The van der Waals surface area contributed by atoms with Crippen molar-refractivity contribution < 1.29 is 52.6 Å². The quantitative estimate of drug-likeness (QED) is 0.157. The first-order valence-corrected chi connectivity index (χ1v) is 11.6. The Balaban J connectivity index is 1.30. The molecule has 0 aliphatic carbocycles. The summed E-state index contributed by atoms with van der Waals surface area (Å²) in [5, 5.41) is 3.01. The number of imide groups is 2. The molecule has 14 heteroatoms. The number of rotatable bonds is 19. The zero-order valence-corrected chi connectivity index (χ0v) is 19.9. The summed E-state index contributed by atoms with van der Waals surface area (Å²) in [6.07, 6.45) is 3.61. The fourth-order valence-electron chi connectivity index (χ4n) is 2.98. The number of hydrogen-bond acceptors (Lipinski definition) is 11. The fraction of sp³-hybridized carbons (Fsp3) is 0.636. The van der Waals surface area contributed by atoms with Crippen molar-refractivity contribution in [2.24, 2.45) is 0 Å². The lowest BCUT2D eigenvalue weighted by Gasteiger charge is -2.13. The van der Waals surface area contributed by atoms with E-state index in [1.165, 1.54) is 17.1 Å². The molecule has 0 radical (unpaired) electrons. The molecule has 1 saturated heterocycles. The van der Waals surface area contributed by atoms with Crippen LogP contribution in [0.25, 0.3) is 0 Å². The average molecular weight is 514 g/mol. The first-order valence-electron chi connectivity index (χ1n) is 11.6. The summed E-state index contributed by atoms with van der Waals surface area (Å²) in [4.78, 5) is 74.4. The highest BCUT2D eigenvalue weighted by Gasteiger charge is 2.32. The molecule has 0 aromatic carbocycles. The Morgan fingerprint density at radius 3 is 1.92 bits per heavy atom. The van der Waals surface area contributed by atoms with E-state index in [0.717, 1.165) is 0 Å². The van der Waals surface area contributed by atoms with Gasteiger partial charge in [-0.3, -0.25) is 28.9 Å². The van der Waals surface area contributed by atoms with Gasteiger partial charge in [-0.15, -0.1) is 5.06 Å². The highest BCUT2D eigenvalue weighted by atomic mass is 16.7. The van der Waals surface area contributed by atoms with Crippen molar-refractivity contribution in [3.63, 3.8) is 0 Å². The molecule has 2 aliphatic rings. The number of amides is 5. The van der Waals surface area contributed by atoms with Crippen LogP contribution >= 0.6 is 0 Å². The number of nitrogens with zero attached hydrogens (tertiary/aromatic N) is 2. The Hall–Kier alpha value is -3.20. The third kappa shape index (κ3) is 11.0. The summed E-state index contributed by atoms with van der Waals surface area (Å²) in [5.41, 5.74) is 0. The molecule has 5 amide bonds. The summed E-state index contributed by atoms with van der Waals surface area (Å²) >= 11 is 0. The van der Waals surface area contributed by atoms with Gasteiger partial charge in [0.05, 0.1) is 26.4 Å². The van der Waals surface area contributed by atoms with E-state index in [1.54, 1.807) is 0 Å². The minimum Gasteiger partial charge on any atom is -0.379 e. The lowest BCUT2D eigenvalue weighted by molar-refractivity contribution is -0.200. The van der Waals surface area contributed by atoms with E-state index in [9.17, 15) is 28.8 Å². The molecule has 36 heavy (non-hydrogen) atoms. The highest BCUT2D eigenvalue weighted by molar-refractivity contribution is 6.12. The van der Waals surface area contributed by atoms with E-state index < -0.39 is 30.3 Å². The monoisotopic (exact) mass is 513 g/mol. The van der Waals surface area contributed by atoms with Crippen LogP contribution in [0.1, 0.15) is 25.7 Å². The van der Waals surface area contributed by atoms with Gasteiger partial charge in [-0.25, -0.2) is 4.79 Å². The second kappa shape index (κ2) is 16.5. The average Bonchev–Trinajstić information content (AvgIpc) is 3.34. The SMILES string of the molecule is O=C(COCC(=O)ON1C(=O)CCC1=O)NCCCOCCOCCOCCCN1C(=O)C=CC1=O. The number of hydrogen-bond donors (Lipinski definition) is 1. The maximum Gasteiger partial charge on any atom is 0.358 e. The van der Waals surface area contributed by atoms with Crippen LogP contribution in [0.15, 0.2) is 12.2 Å². The Morgan fingerprint density at radius 2 is 1.31 bits per heavy atom. The number of hydroxylamine groups is 2. The van der Waals surface area contributed by atoms with Gasteiger partial charge in [-0.05, 0) is 12.8 Å². The highest BCUT2D eigenvalue weighted by Crippen LogP contribution is 2.12. The smallest absolute Gasteiger partial charge is 0.358 e. The summed E-state index contributed by atoms with van der Waals surface area (Å²) in [6, 6.07) is 0. The molecule has 2 heterocycles. The van der Waals surface area contributed by atoms with Gasteiger partial charge < -0.3 is 29.1 Å². The maximum atomic E-state index is 11.7. The Kier molecular flexibility index (Phi) is 13.3. The van der Waals surface area contributed by atoms with Crippen LogP contribution in [-0.2, 0) is 52.6 Å². The maximum absolute atomic E-state index is 11.7. The molecule has 14 nitrogen and oxygen atoms in total. The second-order valence-corrected chi connectivity index (χ2v) is 7.59. The van der Waals surface area contributed by atoms with Crippen LogP contribution in [0.2, 0.25) is 0 Å². The summed E-state index contributed by atoms with van der Waals surface area (Å²) < 4.78 is 21.0. The van der Waals surface area contributed by atoms with Crippen molar-refractivity contribution in [3.05, 3.63) is 12.2 Å². The third-order valence-electron chi connectivity index (χ3n) is 4.75. The van der Waals surface area contributed by atoms with E-state index in [4.69, 9.17) is 18.9 Å². The molecule has 0 aromatic rings. The number of carbonyl (C=O) groups excluding carboxylic acids is 6. The Bertz CT molecular complexity index is 796. The summed E-state index contributed by atoms with van der Waals surface area (Å²) in [5.74, 6) is -3.16.